The van der Waals surface area contributed by atoms with E-state index in [0.29, 0.717) is 16.4 Å². The van der Waals surface area contributed by atoms with E-state index in [9.17, 15) is 14.4 Å². The van der Waals surface area contributed by atoms with Crippen molar-refractivity contribution in [2.45, 2.75) is 13.5 Å². The zero-order chi connectivity index (χ0) is 18.7. The van der Waals surface area contributed by atoms with Crippen LogP contribution < -0.4 is 16.4 Å². The normalized spacial score (nSPS) is 10.5. The van der Waals surface area contributed by atoms with E-state index in [1.807, 2.05) is 25.1 Å². The lowest BCUT2D eigenvalue weighted by Gasteiger charge is -2.10. The molecule has 0 aliphatic heterocycles. The van der Waals surface area contributed by atoms with Crippen molar-refractivity contribution < 1.29 is 4.79 Å². The summed E-state index contributed by atoms with van der Waals surface area (Å²) in [6.45, 7) is 1.66. The minimum atomic E-state index is -0.785. The highest BCUT2D eigenvalue weighted by atomic mass is 35.5. The quantitative estimate of drug-likeness (QED) is 0.718. The van der Waals surface area contributed by atoms with Gasteiger partial charge in [0.1, 0.15) is 6.54 Å². The molecule has 1 aromatic heterocycles. The predicted octanol–water partition coefficient (Wildman–Crippen LogP) is 2.60. The number of halogens is 1. The van der Waals surface area contributed by atoms with Crippen LogP contribution in [0, 0.1) is 6.92 Å². The number of aryl methyl sites for hydroxylation is 1. The van der Waals surface area contributed by atoms with Crippen molar-refractivity contribution in [2.24, 2.45) is 0 Å². The van der Waals surface area contributed by atoms with Crippen molar-refractivity contribution in [3.05, 3.63) is 92.2 Å². The van der Waals surface area contributed by atoms with E-state index in [-0.39, 0.29) is 6.54 Å². The number of rotatable bonds is 4. The van der Waals surface area contributed by atoms with Gasteiger partial charge in [-0.15, -0.1) is 0 Å². The smallest absolute Gasteiger partial charge is 0.320 e. The van der Waals surface area contributed by atoms with E-state index in [0.717, 1.165) is 10.1 Å². The molecule has 0 saturated carbocycles. The highest BCUT2D eigenvalue weighted by Crippen LogP contribution is 2.13. The lowest BCUT2D eigenvalue weighted by molar-refractivity contribution is -0.116. The van der Waals surface area contributed by atoms with Gasteiger partial charge < -0.3 is 5.32 Å². The number of aromatic nitrogens is 2. The molecular weight excluding hydrogens is 354 g/mol. The number of hydrogen-bond acceptors (Lipinski definition) is 3. The summed E-state index contributed by atoms with van der Waals surface area (Å²) >= 11 is 5.92. The lowest BCUT2D eigenvalue weighted by atomic mass is 10.2. The number of nitrogens with zero attached hydrogens (tertiary/aromatic N) is 2. The van der Waals surface area contributed by atoms with Crippen LogP contribution in [0.1, 0.15) is 5.56 Å². The fourth-order valence-electron chi connectivity index (χ4n) is 2.54. The van der Waals surface area contributed by atoms with Gasteiger partial charge >= 0.3 is 11.1 Å². The maximum atomic E-state index is 12.3. The van der Waals surface area contributed by atoms with Crippen molar-refractivity contribution in [3.8, 4) is 5.69 Å². The van der Waals surface area contributed by atoms with Gasteiger partial charge in [-0.3, -0.25) is 23.5 Å². The monoisotopic (exact) mass is 369 g/mol. The molecule has 26 heavy (non-hydrogen) atoms. The van der Waals surface area contributed by atoms with Crippen LogP contribution >= 0.6 is 11.6 Å². The first-order chi connectivity index (χ1) is 12.4. The van der Waals surface area contributed by atoms with E-state index in [1.165, 1.54) is 17.0 Å². The van der Waals surface area contributed by atoms with Gasteiger partial charge in [-0.2, -0.15) is 0 Å². The summed E-state index contributed by atoms with van der Waals surface area (Å²) < 4.78 is 2.28. The molecule has 1 N–H and O–H groups in total. The lowest BCUT2D eigenvalue weighted by Crippen LogP contribution is -2.41. The van der Waals surface area contributed by atoms with Crippen molar-refractivity contribution in [3.63, 3.8) is 0 Å². The van der Waals surface area contributed by atoms with Crippen LogP contribution in [0.25, 0.3) is 5.69 Å². The molecule has 0 fully saturated rings. The van der Waals surface area contributed by atoms with Gasteiger partial charge in [0.15, 0.2) is 0 Å². The zero-order valence-corrected chi connectivity index (χ0v) is 14.7. The van der Waals surface area contributed by atoms with E-state index >= 15 is 0 Å². The first-order valence-corrected chi connectivity index (χ1v) is 8.26. The summed E-state index contributed by atoms with van der Waals surface area (Å²) in [5, 5.41) is 3.16. The standard InChI is InChI=1S/C19H16ClN3O3/c1-13-4-2-6-15(10-13)21-17(24)12-22-8-9-23(19(26)18(22)25)16-7-3-5-14(20)11-16/h2-11H,12H2,1H3,(H,21,24). The van der Waals surface area contributed by atoms with Crippen molar-refractivity contribution in [1.82, 2.24) is 9.13 Å². The van der Waals surface area contributed by atoms with Crippen molar-refractivity contribution >= 4 is 23.2 Å². The van der Waals surface area contributed by atoms with Gasteiger partial charge in [-0.25, -0.2) is 0 Å². The maximum Gasteiger partial charge on any atom is 0.320 e. The van der Waals surface area contributed by atoms with Crippen molar-refractivity contribution in [1.29, 1.82) is 0 Å². The van der Waals surface area contributed by atoms with E-state index < -0.39 is 17.0 Å². The fraction of sp³-hybridized carbons (Fsp3) is 0.105. The van der Waals surface area contributed by atoms with Crippen LogP contribution in [0.15, 0.2) is 70.5 Å². The number of carbonyl (C=O) groups excluding carboxylic acids is 1. The number of anilines is 1. The molecule has 2 aromatic carbocycles. The first kappa shape index (κ1) is 17.7. The van der Waals surface area contributed by atoms with Gasteiger partial charge in [-0.1, -0.05) is 29.8 Å². The van der Waals surface area contributed by atoms with Crippen LogP contribution in [0.5, 0.6) is 0 Å². The molecule has 0 bridgehead atoms. The molecule has 0 atom stereocenters. The van der Waals surface area contributed by atoms with Gasteiger partial charge in [0, 0.05) is 23.1 Å². The molecule has 3 rings (SSSR count). The van der Waals surface area contributed by atoms with Crippen LogP contribution in [-0.2, 0) is 11.3 Å². The van der Waals surface area contributed by atoms with Gasteiger partial charge in [-0.05, 0) is 42.8 Å². The Kier molecular flexibility index (Phi) is 5.04. The Bertz CT molecular complexity index is 1090. The van der Waals surface area contributed by atoms with Gasteiger partial charge in [0.25, 0.3) is 0 Å². The summed E-state index contributed by atoms with van der Waals surface area (Å²) in [6.07, 6.45) is 2.84. The Morgan fingerprint density at radius 2 is 1.81 bits per heavy atom. The molecular formula is C19H16ClN3O3. The number of nitrogens with one attached hydrogen (secondary N) is 1. The highest BCUT2D eigenvalue weighted by molar-refractivity contribution is 6.30. The number of benzene rings is 2. The SMILES string of the molecule is Cc1cccc(NC(=O)Cn2ccn(-c3cccc(Cl)c3)c(=O)c2=O)c1. The summed E-state index contributed by atoms with van der Waals surface area (Å²) in [5.74, 6) is -0.391. The Hall–Kier alpha value is -3.12. The van der Waals surface area contributed by atoms with Gasteiger partial charge in [0.2, 0.25) is 5.91 Å². The van der Waals surface area contributed by atoms with Crippen LogP contribution in [0.3, 0.4) is 0 Å². The Morgan fingerprint density at radius 1 is 1.04 bits per heavy atom. The predicted molar refractivity (Wildman–Crippen MR) is 101 cm³/mol. The minimum Gasteiger partial charge on any atom is -0.325 e. The molecule has 0 saturated heterocycles. The zero-order valence-electron chi connectivity index (χ0n) is 14.0. The first-order valence-electron chi connectivity index (χ1n) is 7.88. The molecule has 6 nitrogen and oxygen atoms in total. The third-order valence-electron chi connectivity index (χ3n) is 3.76. The second-order valence-corrected chi connectivity index (χ2v) is 6.24. The van der Waals surface area contributed by atoms with Crippen LogP contribution in [-0.4, -0.2) is 15.0 Å². The number of carbonyl (C=O) groups is 1. The average molecular weight is 370 g/mol. The summed E-state index contributed by atoms with van der Waals surface area (Å²) in [6, 6.07) is 13.9. The number of amides is 1. The average Bonchev–Trinajstić information content (AvgIpc) is 2.59. The molecule has 0 aliphatic carbocycles. The largest absolute Gasteiger partial charge is 0.325 e. The molecule has 7 heteroatoms. The van der Waals surface area contributed by atoms with E-state index in [4.69, 9.17) is 11.6 Å². The summed E-state index contributed by atoms with van der Waals surface area (Å²) in [4.78, 5) is 36.8. The Balaban J connectivity index is 1.83. The van der Waals surface area contributed by atoms with Crippen LogP contribution in [0.4, 0.5) is 5.69 Å². The van der Waals surface area contributed by atoms with E-state index in [2.05, 4.69) is 5.32 Å². The fourth-order valence-corrected chi connectivity index (χ4v) is 2.72. The number of hydrogen-bond donors (Lipinski definition) is 1. The summed E-state index contributed by atoms with van der Waals surface area (Å²) in [5.41, 5.74) is 0.584. The second kappa shape index (κ2) is 7.41. The second-order valence-electron chi connectivity index (χ2n) is 5.80. The van der Waals surface area contributed by atoms with Gasteiger partial charge in [0.05, 0.1) is 5.69 Å². The molecule has 0 aliphatic rings. The maximum absolute atomic E-state index is 12.3. The molecule has 0 spiro atoms. The molecule has 1 amide bonds. The van der Waals surface area contributed by atoms with Crippen LogP contribution in [0.2, 0.25) is 5.02 Å². The van der Waals surface area contributed by atoms with E-state index in [1.54, 1.807) is 30.3 Å². The highest BCUT2D eigenvalue weighted by Gasteiger charge is 2.10. The molecule has 0 unspecified atom stereocenters. The Labute approximate surface area is 154 Å². The van der Waals surface area contributed by atoms with Crippen molar-refractivity contribution in [2.75, 3.05) is 5.32 Å². The molecule has 132 valence electrons. The molecule has 3 aromatic rings. The molecule has 0 radical (unpaired) electrons. The molecule has 1 heterocycles. The Morgan fingerprint density at radius 3 is 2.54 bits per heavy atom. The summed E-state index contributed by atoms with van der Waals surface area (Å²) in [7, 11) is 0. The minimum absolute atomic E-state index is 0.252. The third-order valence-corrected chi connectivity index (χ3v) is 4.00. The third kappa shape index (κ3) is 3.92. The topological polar surface area (TPSA) is 73.1 Å².